The minimum absolute atomic E-state index is 0.176. The maximum absolute atomic E-state index is 12.3. The van der Waals surface area contributed by atoms with Gasteiger partial charge >= 0.3 is 0 Å². The summed E-state index contributed by atoms with van der Waals surface area (Å²) in [6, 6.07) is 9.70. The third-order valence-corrected chi connectivity index (χ3v) is 5.99. The van der Waals surface area contributed by atoms with Crippen LogP contribution in [-0.2, 0) is 16.6 Å². The molecule has 1 aliphatic rings. The van der Waals surface area contributed by atoms with Gasteiger partial charge in [-0.05, 0) is 6.92 Å². The average Bonchev–Trinajstić information content (AvgIpc) is 3.19. The van der Waals surface area contributed by atoms with Crippen molar-refractivity contribution in [3.05, 3.63) is 30.3 Å². The molecule has 2 heterocycles. The minimum Gasteiger partial charge on any atom is -0.353 e. The molecule has 3 rings (SSSR count). The highest BCUT2D eigenvalue weighted by atomic mass is 32.2. The van der Waals surface area contributed by atoms with Crippen LogP contribution in [0.3, 0.4) is 0 Å². The summed E-state index contributed by atoms with van der Waals surface area (Å²) in [7, 11) is 1.86. The Morgan fingerprint density at radius 1 is 1.30 bits per heavy atom. The molecule has 1 fully saturated rings. The molecule has 27 heavy (non-hydrogen) atoms. The molecule has 0 bridgehead atoms. The number of carbonyl (C=O) groups is 3. The molecule has 1 saturated heterocycles. The van der Waals surface area contributed by atoms with E-state index in [9.17, 15) is 14.4 Å². The van der Waals surface area contributed by atoms with Crippen LogP contribution in [-0.4, -0.2) is 60.8 Å². The fraction of sp³-hybridized carbons (Fsp3) is 0.353. The lowest BCUT2D eigenvalue weighted by Crippen LogP contribution is -2.39. The van der Waals surface area contributed by atoms with Gasteiger partial charge in [0.1, 0.15) is 0 Å². The molecule has 0 radical (unpaired) electrons. The highest BCUT2D eigenvalue weighted by molar-refractivity contribution is 8.14. The van der Waals surface area contributed by atoms with Crippen molar-refractivity contribution in [1.82, 2.24) is 25.0 Å². The standard InChI is InChI=1S/C17H19N5O3S2/c1-11(15(24)18-8-9-22-13(23)10-26-17(22)25)27-16-20-19-14(21(16)2)12-6-4-3-5-7-12/h3-7,11H,8-10H2,1-2H3,(H,18,24)/t11-/m0/s1. The molecule has 1 aromatic heterocycles. The quantitative estimate of drug-likeness (QED) is 0.701. The number of thioether (sulfide) groups is 2. The number of benzene rings is 1. The van der Waals surface area contributed by atoms with Crippen molar-refractivity contribution in [2.24, 2.45) is 7.05 Å². The number of imide groups is 1. The molecule has 1 atom stereocenters. The third-order valence-electron chi connectivity index (χ3n) is 3.99. The van der Waals surface area contributed by atoms with Crippen LogP contribution in [0, 0.1) is 0 Å². The number of hydrogen-bond donors (Lipinski definition) is 1. The van der Waals surface area contributed by atoms with Crippen molar-refractivity contribution in [3.63, 3.8) is 0 Å². The van der Waals surface area contributed by atoms with Crippen LogP contribution in [0.4, 0.5) is 4.79 Å². The van der Waals surface area contributed by atoms with Crippen molar-refractivity contribution in [2.75, 3.05) is 18.8 Å². The van der Waals surface area contributed by atoms with E-state index in [1.165, 1.54) is 11.8 Å². The van der Waals surface area contributed by atoms with Gasteiger partial charge in [0.15, 0.2) is 11.0 Å². The van der Waals surface area contributed by atoms with Crippen LogP contribution >= 0.6 is 23.5 Å². The Morgan fingerprint density at radius 3 is 2.70 bits per heavy atom. The lowest BCUT2D eigenvalue weighted by molar-refractivity contribution is -0.125. The molecular formula is C17H19N5O3S2. The third kappa shape index (κ3) is 4.51. The molecule has 3 amide bonds. The van der Waals surface area contributed by atoms with Gasteiger partial charge in [0.05, 0.1) is 11.0 Å². The number of carbonyl (C=O) groups excluding carboxylic acids is 3. The first-order valence-corrected chi connectivity index (χ1v) is 10.2. The van der Waals surface area contributed by atoms with Crippen molar-refractivity contribution < 1.29 is 14.4 Å². The Morgan fingerprint density at radius 2 is 2.04 bits per heavy atom. The lowest BCUT2D eigenvalue weighted by Gasteiger charge is -2.15. The Hall–Kier alpha value is -2.33. The molecule has 1 aliphatic heterocycles. The van der Waals surface area contributed by atoms with Crippen LogP contribution in [0.5, 0.6) is 0 Å². The van der Waals surface area contributed by atoms with Gasteiger partial charge in [-0.2, -0.15) is 0 Å². The van der Waals surface area contributed by atoms with Crippen molar-refractivity contribution >= 4 is 40.6 Å². The molecule has 142 valence electrons. The summed E-state index contributed by atoms with van der Waals surface area (Å²) in [5.41, 5.74) is 0.953. The molecule has 0 unspecified atom stereocenters. The normalized spacial score (nSPS) is 15.3. The second kappa shape index (κ2) is 8.57. The van der Waals surface area contributed by atoms with Crippen LogP contribution < -0.4 is 5.32 Å². The number of aromatic nitrogens is 3. The molecule has 0 spiro atoms. The highest BCUT2D eigenvalue weighted by Gasteiger charge is 2.29. The van der Waals surface area contributed by atoms with E-state index in [0.29, 0.717) is 5.16 Å². The van der Waals surface area contributed by atoms with E-state index in [1.807, 2.05) is 41.9 Å². The molecule has 0 aliphatic carbocycles. The second-order valence-electron chi connectivity index (χ2n) is 5.88. The van der Waals surface area contributed by atoms with Gasteiger partial charge < -0.3 is 9.88 Å². The van der Waals surface area contributed by atoms with Gasteiger partial charge in [0.25, 0.3) is 5.24 Å². The summed E-state index contributed by atoms with van der Waals surface area (Å²) in [5.74, 6) is 0.508. The van der Waals surface area contributed by atoms with Crippen LogP contribution in [0.15, 0.2) is 35.5 Å². The number of hydrogen-bond acceptors (Lipinski definition) is 7. The zero-order chi connectivity index (χ0) is 19.4. The summed E-state index contributed by atoms with van der Waals surface area (Å²) in [6.07, 6.45) is 0. The van der Waals surface area contributed by atoms with E-state index < -0.39 is 5.25 Å². The lowest BCUT2D eigenvalue weighted by atomic mass is 10.2. The van der Waals surface area contributed by atoms with Crippen molar-refractivity contribution in [1.29, 1.82) is 0 Å². The Kier molecular flexibility index (Phi) is 6.17. The first-order valence-electron chi connectivity index (χ1n) is 8.33. The largest absolute Gasteiger partial charge is 0.353 e. The smallest absolute Gasteiger partial charge is 0.288 e. The first-order chi connectivity index (χ1) is 13.0. The fourth-order valence-corrected chi connectivity index (χ4v) is 4.09. The molecular weight excluding hydrogens is 386 g/mol. The second-order valence-corrected chi connectivity index (χ2v) is 8.12. The number of amides is 3. The fourth-order valence-electron chi connectivity index (χ4n) is 2.50. The SMILES string of the molecule is C[C@H](Sc1nnc(-c2ccccc2)n1C)C(=O)NCCN1C(=O)CSC1=O. The Labute approximate surface area is 165 Å². The average molecular weight is 406 g/mol. The zero-order valence-electron chi connectivity index (χ0n) is 14.9. The van der Waals surface area contributed by atoms with E-state index in [0.717, 1.165) is 28.0 Å². The van der Waals surface area contributed by atoms with Crippen LogP contribution in [0.2, 0.25) is 0 Å². The van der Waals surface area contributed by atoms with E-state index in [2.05, 4.69) is 15.5 Å². The monoisotopic (exact) mass is 405 g/mol. The van der Waals surface area contributed by atoms with Gasteiger partial charge in [-0.15, -0.1) is 10.2 Å². The minimum atomic E-state index is -0.393. The molecule has 1 aromatic carbocycles. The summed E-state index contributed by atoms with van der Waals surface area (Å²) in [5, 5.41) is 11.1. The van der Waals surface area contributed by atoms with Gasteiger partial charge in [0.2, 0.25) is 11.8 Å². The number of nitrogens with one attached hydrogen (secondary N) is 1. The topological polar surface area (TPSA) is 97.2 Å². The predicted molar refractivity (Wildman–Crippen MR) is 104 cm³/mol. The summed E-state index contributed by atoms with van der Waals surface area (Å²) in [4.78, 5) is 36.5. The van der Waals surface area contributed by atoms with Gasteiger partial charge in [-0.3, -0.25) is 19.3 Å². The molecule has 10 heteroatoms. The summed E-state index contributed by atoms with van der Waals surface area (Å²) >= 11 is 2.29. The molecule has 0 saturated carbocycles. The Bertz CT molecular complexity index is 840. The van der Waals surface area contributed by atoms with Crippen molar-refractivity contribution in [2.45, 2.75) is 17.3 Å². The van der Waals surface area contributed by atoms with Gasteiger partial charge in [-0.1, -0.05) is 53.9 Å². The summed E-state index contributed by atoms with van der Waals surface area (Å²) in [6.45, 7) is 2.20. The Balaban J connectivity index is 1.53. The van der Waals surface area contributed by atoms with E-state index in [-0.39, 0.29) is 35.9 Å². The van der Waals surface area contributed by atoms with Gasteiger partial charge in [0, 0.05) is 25.7 Å². The zero-order valence-corrected chi connectivity index (χ0v) is 16.5. The number of rotatable bonds is 7. The van der Waals surface area contributed by atoms with Crippen molar-refractivity contribution in [3.8, 4) is 11.4 Å². The maximum atomic E-state index is 12.3. The van der Waals surface area contributed by atoms with E-state index in [4.69, 9.17) is 0 Å². The number of nitrogens with zero attached hydrogens (tertiary/aromatic N) is 4. The first kappa shape index (κ1) is 19.4. The molecule has 2 aromatic rings. The highest BCUT2D eigenvalue weighted by Crippen LogP contribution is 2.25. The predicted octanol–water partition coefficient (Wildman–Crippen LogP) is 1.77. The molecule has 1 N–H and O–H groups in total. The maximum Gasteiger partial charge on any atom is 0.288 e. The van der Waals surface area contributed by atoms with Crippen LogP contribution in [0.1, 0.15) is 6.92 Å². The van der Waals surface area contributed by atoms with E-state index >= 15 is 0 Å². The molecule has 8 nitrogen and oxygen atoms in total. The van der Waals surface area contributed by atoms with Gasteiger partial charge in [-0.25, -0.2) is 0 Å². The van der Waals surface area contributed by atoms with E-state index in [1.54, 1.807) is 6.92 Å². The van der Waals surface area contributed by atoms with Crippen LogP contribution in [0.25, 0.3) is 11.4 Å². The summed E-state index contributed by atoms with van der Waals surface area (Å²) < 4.78 is 1.85.